The normalized spacial score (nSPS) is 12.7. The van der Waals surface area contributed by atoms with Crippen LogP contribution in [0.15, 0.2) is 0 Å². The molecule has 0 fully saturated rings. The van der Waals surface area contributed by atoms with E-state index in [9.17, 15) is 0 Å². The molecule has 7 heavy (non-hydrogen) atoms. The first kappa shape index (κ1) is 6.45. The predicted octanol–water partition coefficient (Wildman–Crippen LogP) is 1.29. The first-order chi connectivity index (χ1) is 3.31. The lowest BCUT2D eigenvalue weighted by atomic mass is 10.7. The highest BCUT2D eigenvalue weighted by Gasteiger charge is 1.96. The molecule has 0 aliphatic heterocycles. The van der Waals surface area contributed by atoms with Crippen LogP contribution in [-0.4, -0.2) is 12.8 Å². The van der Waals surface area contributed by atoms with Gasteiger partial charge in [0.05, 0.1) is 6.61 Å². The van der Waals surface area contributed by atoms with Crippen LogP contribution in [0.4, 0.5) is 0 Å². The lowest BCUT2D eigenvalue weighted by molar-refractivity contribution is 0.108. The minimum Gasteiger partial charge on any atom is -0.311 e. The summed E-state index contributed by atoms with van der Waals surface area (Å²) in [7, 11) is 0. The number of rotatable bonds is 2. The highest BCUT2D eigenvalue weighted by molar-refractivity contribution is 4.59. The van der Waals surface area contributed by atoms with Crippen LogP contribution in [0.3, 0.4) is 0 Å². The molecule has 0 aromatic carbocycles. The van der Waals surface area contributed by atoms with E-state index < -0.39 is 0 Å². The quantitative estimate of drug-likeness (QED) is 0.475. The molecule has 0 spiro atoms. The monoisotopic (exact) mass is 99.1 g/mol. The first-order valence-corrected chi connectivity index (χ1v) is 2.29. The van der Waals surface area contributed by atoms with Gasteiger partial charge >= 0.3 is 6.23 Å². The number of ether oxygens (including phenoxy) is 1. The van der Waals surface area contributed by atoms with Gasteiger partial charge in [-0.25, -0.2) is 6.57 Å². The van der Waals surface area contributed by atoms with E-state index in [1.165, 1.54) is 0 Å². The summed E-state index contributed by atoms with van der Waals surface area (Å²) in [5, 5.41) is 0. The average molecular weight is 99.1 g/mol. The zero-order valence-corrected chi connectivity index (χ0v) is 4.64. The van der Waals surface area contributed by atoms with Gasteiger partial charge in [-0.3, -0.25) is 4.85 Å². The van der Waals surface area contributed by atoms with Crippen molar-refractivity contribution in [1.29, 1.82) is 0 Å². The first-order valence-electron chi connectivity index (χ1n) is 2.29. The Bertz CT molecular complexity index is 74.6. The fourth-order valence-corrected chi connectivity index (χ4v) is 0.278. The molecule has 0 radical (unpaired) electrons. The Morgan fingerprint density at radius 3 is 2.57 bits per heavy atom. The summed E-state index contributed by atoms with van der Waals surface area (Å²) in [6.45, 7) is 10.6. The lowest BCUT2D eigenvalue weighted by Crippen LogP contribution is -1.99. The molecule has 2 heteroatoms. The fraction of sp³-hybridized carbons (Fsp3) is 0.800. The fourth-order valence-electron chi connectivity index (χ4n) is 0.278. The van der Waals surface area contributed by atoms with Crippen molar-refractivity contribution in [3.8, 4) is 0 Å². The zero-order valence-electron chi connectivity index (χ0n) is 4.64. The maximum absolute atomic E-state index is 6.41. The van der Waals surface area contributed by atoms with Gasteiger partial charge in [-0.15, -0.1) is 0 Å². The van der Waals surface area contributed by atoms with Crippen molar-refractivity contribution in [1.82, 2.24) is 0 Å². The average Bonchev–Trinajstić information content (AvgIpc) is 1.68. The third-order valence-electron chi connectivity index (χ3n) is 0.590. The molecule has 0 rings (SSSR count). The van der Waals surface area contributed by atoms with Crippen LogP contribution in [0.1, 0.15) is 13.8 Å². The van der Waals surface area contributed by atoms with E-state index in [0.717, 1.165) is 0 Å². The van der Waals surface area contributed by atoms with Crippen LogP contribution in [-0.2, 0) is 4.74 Å². The van der Waals surface area contributed by atoms with Gasteiger partial charge in [0.25, 0.3) is 0 Å². The summed E-state index contributed by atoms with van der Waals surface area (Å²) in [5.41, 5.74) is 0. The molecule has 40 valence electrons. The summed E-state index contributed by atoms with van der Waals surface area (Å²) in [6, 6.07) is 0. The molecule has 0 amide bonds. The second-order valence-electron chi connectivity index (χ2n) is 1.18. The zero-order chi connectivity index (χ0) is 5.70. The van der Waals surface area contributed by atoms with Crippen molar-refractivity contribution >= 4 is 0 Å². The Morgan fingerprint density at radius 1 is 1.86 bits per heavy atom. The second kappa shape index (κ2) is 3.63. The molecule has 2 nitrogen and oxygen atoms in total. The Morgan fingerprint density at radius 2 is 2.43 bits per heavy atom. The molecule has 0 saturated carbocycles. The molecule has 0 saturated heterocycles. The molecular formula is C5H9NO. The lowest BCUT2D eigenvalue weighted by Gasteiger charge is -1.93. The van der Waals surface area contributed by atoms with Crippen LogP contribution >= 0.6 is 0 Å². The van der Waals surface area contributed by atoms with Gasteiger partial charge in [0.15, 0.2) is 0 Å². The van der Waals surface area contributed by atoms with E-state index in [4.69, 9.17) is 11.3 Å². The maximum atomic E-state index is 6.41. The molecule has 0 aromatic heterocycles. The molecule has 0 aliphatic rings. The van der Waals surface area contributed by atoms with E-state index in [-0.39, 0.29) is 6.23 Å². The van der Waals surface area contributed by atoms with E-state index in [2.05, 4.69) is 4.85 Å². The van der Waals surface area contributed by atoms with Crippen molar-refractivity contribution in [2.24, 2.45) is 0 Å². The Balaban J connectivity index is 3.04. The van der Waals surface area contributed by atoms with Gasteiger partial charge in [-0.2, -0.15) is 0 Å². The van der Waals surface area contributed by atoms with Gasteiger partial charge < -0.3 is 4.74 Å². The molecular weight excluding hydrogens is 90.1 g/mol. The number of hydrogen-bond donors (Lipinski definition) is 0. The van der Waals surface area contributed by atoms with Gasteiger partial charge in [0.1, 0.15) is 0 Å². The summed E-state index contributed by atoms with van der Waals surface area (Å²) < 4.78 is 4.84. The molecule has 0 aliphatic carbocycles. The van der Waals surface area contributed by atoms with Crippen molar-refractivity contribution in [2.75, 3.05) is 6.61 Å². The van der Waals surface area contributed by atoms with Crippen LogP contribution < -0.4 is 0 Å². The Kier molecular flexibility index (Phi) is 3.35. The molecule has 0 N–H and O–H groups in total. The molecule has 0 bridgehead atoms. The molecule has 1 atom stereocenters. The topological polar surface area (TPSA) is 13.6 Å². The van der Waals surface area contributed by atoms with Crippen molar-refractivity contribution in [3.63, 3.8) is 0 Å². The molecule has 0 heterocycles. The summed E-state index contributed by atoms with van der Waals surface area (Å²) in [4.78, 5) is 3.11. The predicted molar refractivity (Wildman–Crippen MR) is 27.7 cm³/mol. The number of hydrogen-bond acceptors (Lipinski definition) is 1. The van der Waals surface area contributed by atoms with Gasteiger partial charge in [0, 0.05) is 6.92 Å². The maximum Gasteiger partial charge on any atom is 0.324 e. The Hall–Kier alpha value is -0.550. The van der Waals surface area contributed by atoms with Crippen LogP contribution in [0.2, 0.25) is 0 Å². The summed E-state index contributed by atoms with van der Waals surface area (Å²) in [5.74, 6) is 0. The van der Waals surface area contributed by atoms with E-state index in [0.29, 0.717) is 6.61 Å². The standard InChI is InChI=1S/C5H9NO/c1-4-7-5(2)6-3/h5H,4H2,1-2H3. The summed E-state index contributed by atoms with van der Waals surface area (Å²) in [6.07, 6.45) is -0.259. The summed E-state index contributed by atoms with van der Waals surface area (Å²) >= 11 is 0. The highest BCUT2D eigenvalue weighted by atomic mass is 16.5. The van der Waals surface area contributed by atoms with Gasteiger partial charge in [-0.1, -0.05) is 0 Å². The molecule has 0 aromatic rings. The van der Waals surface area contributed by atoms with Crippen LogP contribution in [0.25, 0.3) is 4.85 Å². The van der Waals surface area contributed by atoms with Crippen LogP contribution in [0, 0.1) is 6.57 Å². The minimum absolute atomic E-state index is 0.259. The minimum atomic E-state index is -0.259. The van der Waals surface area contributed by atoms with Crippen LogP contribution in [0.5, 0.6) is 0 Å². The number of nitrogens with zero attached hydrogens (tertiary/aromatic N) is 1. The second-order valence-corrected chi connectivity index (χ2v) is 1.18. The van der Waals surface area contributed by atoms with E-state index in [1.54, 1.807) is 6.92 Å². The Labute approximate surface area is 43.9 Å². The van der Waals surface area contributed by atoms with Gasteiger partial charge in [0.2, 0.25) is 0 Å². The van der Waals surface area contributed by atoms with Crippen molar-refractivity contribution in [3.05, 3.63) is 11.4 Å². The van der Waals surface area contributed by atoms with Crippen molar-refractivity contribution in [2.45, 2.75) is 20.1 Å². The van der Waals surface area contributed by atoms with Gasteiger partial charge in [-0.05, 0) is 6.92 Å². The highest BCUT2D eigenvalue weighted by Crippen LogP contribution is 1.88. The third-order valence-corrected chi connectivity index (χ3v) is 0.590. The third kappa shape index (κ3) is 3.28. The van der Waals surface area contributed by atoms with Crippen molar-refractivity contribution < 1.29 is 4.74 Å². The smallest absolute Gasteiger partial charge is 0.311 e. The van der Waals surface area contributed by atoms with E-state index in [1.807, 2.05) is 6.92 Å². The SMILES string of the molecule is [C-]#[N+]C(C)OCC. The van der Waals surface area contributed by atoms with E-state index >= 15 is 0 Å². The largest absolute Gasteiger partial charge is 0.324 e. The molecule has 1 unspecified atom stereocenters.